The molecule has 0 bridgehead atoms. The molecular formula is C21H23N5O5S. The Morgan fingerprint density at radius 3 is 2.47 bits per heavy atom. The molecule has 1 atom stereocenters. The van der Waals surface area contributed by atoms with Gasteiger partial charge < -0.3 is 14.2 Å². The first-order valence-corrected chi connectivity index (χ1v) is 11.9. The van der Waals surface area contributed by atoms with E-state index >= 15 is 0 Å². The normalized spacial score (nSPS) is 16.7. The third kappa shape index (κ3) is 4.40. The van der Waals surface area contributed by atoms with Gasteiger partial charge in [-0.1, -0.05) is 16.3 Å². The van der Waals surface area contributed by atoms with Crippen molar-refractivity contribution in [3.63, 3.8) is 0 Å². The summed E-state index contributed by atoms with van der Waals surface area (Å²) in [5.74, 6) is 0.181. The van der Waals surface area contributed by atoms with Gasteiger partial charge in [-0.2, -0.15) is 0 Å². The highest BCUT2D eigenvalue weighted by atomic mass is 32.3. The number of pyridine rings is 1. The zero-order valence-electron chi connectivity index (χ0n) is 17.8. The van der Waals surface area contributed by atoms with Crippen molar-refractivity contribution in [1.82, 2.24) is 23.7 Å². The van der Waals surface area contributed by atoms with E-state index in [0.29, 0.717) is 16.9 Å². The summed E-state index contributed by atoms with van der Waals surface area (Å²) in [4.78, 5) is 36.5. The highest BCUT2D eigenvalue weighted by Crippen LogP contribution is 2.16. The minimum absolute atomic E-state index is 0.180. The lowest BCUT2D eigenvalue weighted by atomic mass is 10.2. The quantitative estimate of drug-likeness (QED) is 0.519. The minimum Gasteiger partial charge on any atom is -0.598 e. The first-order chi connectivity index (χ1) is 15.3. The fourth-order valence-corrected chi connectivity index (χ4v) is 4.47. The van der Waals surface area contributed by atoms with Crippen LogP contribution in [0.5, 0.6) is 5.75 Å². The van der Waals surface area contributed by atoms with Crippen molar-refractivity contribution in [3.8, 4) is 5.75 Å². The molecule has 3 aromatic rings. The third-order valence-corrected chi connectivity index (χ3v) is 6.70. The number of rotatable bonds is 5. The number of methoxy groups -OCH3 is 1. The predicted molar refractivity (Wildman–Crippen MR) is 118 cm³/mol. The van der Waals surface area contributed by atoms with Gasteiger partial charge in [0.05, 0.1) is 26.7 Å². The van der Waals surface area contributed by atoms with Crippen LogP contribution in [0.4, 0.5) is 0 Å². The van der Waals surface area contributed by atoms with E-state index in [-0.39, 0.29) is 38.4 Å². The Labute approximate surface area is 185 Å². The van der Waals surface area contributed by atoms with Crippen LogP contribution in [0.3, 0.4) is 0 Å². The molecule has 0 aliphatic carbocycles. The van der Waals surface area contributed by atoms with E-state index in [4.69, 9.17) is 4.74 Å². The lowest BCUT2D eigenvalue weighted by molar-refractivity contribution is 0.0685. The Hall–Kier alpha value is -3.15. The molecule has 1 unspecified atom stereocenters. The summed E-state index contributed by atoms with van der Waals surface area (Å²) < 4.78 is 31.4. The van der Waals surface area contributed by atoms with Crippen molar-refractivity contribution in [3.05, 3.63) is 64.2 Å². The molecule has 0 spiro atoms. The molecule has 11 heteroatoms. The maximum atomic E-state index is 13.3. The number of nitrogens with zero attached hydrogens (tertiary/aromatic N) is 5. The SMILES string of the molecule is COc1ccc(Cn2c(=O)c(C(=O)N3CCN([S+](C)(=O)[O-])CC3)nc3cccnc32)cc1. The molecule has 2 aromatic heterocycles. The van der Waals surface area contributed by atoms with Crippen molar-refractivity contribution in [2.45, 2.75) is 6.54 Å². The summed E-state index contributed by atoms with van der Waals surface area (Å²) in [5, 5.41) is 0. The molecule has 1 amide bonds. The zero-order chi connectivity index (χ0) is 22.9. The van der Waals surface area contributed by atoms with Gasteiger partial charge in [0, 0.05) is 19.3 Å². The molecule has 0 radical (unpaired) electrons. The van der Waals surface area contributed by atoms with Gasteiger partial charge in [-0.15, -0.1) is 4.31 Å². The topological polar surface area (TPSA) is 121 Å². The van der Waals surface area contributed by atoms with E-state index in [1.807, 2.05) is 12.1 Å². The number of piperazine rings is 1. The van der Waals surface area contributed by atoms with Gasteiger partial charge in [0.25, 0.3) is 11.5 Å². The maximum absolute atomic E-state index is 13.3. The summed E-state index contributed by atoms with van der Waals surface area (Å²) in [7, 11) is -1.75. The first-order valence-electron chi connectivity index (χ1n) is 10.0. The van der Waals surface area contributed by atoms with E-state index in [1.54, 1.807) is 37.6 Å². The first kappa shape index (κ1) is 22.1. The molecule has 32 heavy (non-hydrogen) atoms. The molecule has 4 rings (SSSR count). The van der Waals surface area contributed by atoms with Crippen LogP contribution < -0.4 is 10.3 Å². The standard InChI is InChI=1S/C21H23N5O5S/c1-31-16-7-5-15(6-8-16)14-26-19-17(4-3-9-22-19)23-18(21(26)28)20(27)24-10-12-25(13-11-24)32(2,29)30/h3-9H,10-14H2,1-2H3. The second-order valence-corrected chi connectivity index (χ2v) is 9.48. The van der Waals surface area contributed by atoms with Gasteiger partial charge in [-0.3, -0.25) is 14.2 Å². The smallest absolute Gasteiger partial charge is 0.284 e. The van der Waals surface area contributed by atoms with Crippen LogP contribution in [0, 0.1) is 0 Å². The van der Waals surface area contributed by atoms with Crippen LogP contribution in [-0.4, -0.2) is 73.7 Å². The van der Waals surface area contributed by atoms with Crippen LogP contribution in [0.2, 0.25) is 0 Å². The van der Waals surface area contributed by atoms with E-state index in [9.17, 15) is 18.4 Å². The van der Waals surface area contributed by atoms with Crippen LogP contribution in [0.25, 0.3) is 11.2 Å². The van der Waals surface area contributed by atoms with Gasteiger partial charge in [0.2, 0.25) is 0 Å². The summed E-state index contributed by atoms with van der Waals surface area (Å²) in [6.07, 6.45) is 2.71. The number of fused-ring (bicyclic) bond motifs is 1. The van der Waals surface area contributed by atoms with Crippen LogP contribution >= 0.6 is 0 Å². The van der Waals surface area contributed by atoms with Gasteiger partial charge in [0.1, 0.15) is 27.9 Å². The fraction of sp³-hybridized carbons (Fsp3) is 0.333. The number of sulfonamides is 1. The van der Waals surface area contributed by atoms with Gasteiger partial charge in [-0.25, -0.2) is 9.97 Å². The van der Waals surface area contributed by atoms with Crippen molar-refractivity contribution in [1.29, 1.82) is 0 Å². The fourth-order valence-electron chi connectivity index (χ4n) is 3.65. The molecule has 1 aliphatic heterocycles. The highest BCUT2D eigenvalue weighted by molar-refractivity contribution is 7.94. The number of ether oxygens (including phenoxy) is 1. The summed E-state index contributed by atoms with van der Waals surface area (Å²) in [5.41, 5.74) is 0.908. The Morgan fingerprint density at radius 1 is 1.16 bits per heavy atom. The van der Waals surface area contributed by atoms with Crippen LogP contribution in [0.15, 0.2) is 47.4 Å². The van der Waals surface area contributed by atoms with E-state index in [0.717, 1.165) is 11.8 Å². The molecule has 0 saturated carbocycles. The van der Waals surface area contributed by atoms with E-state index in [2.05, 4.69) is 9.97 Å². The summed E-state index contributed by atoms with van der Waals surface area (Å²) >= 11 is 0. The Morgan fingerprint density at radius 2 is 1.84 bits per heavy atom. The number of carbonyl (C=O) groups is 1. The molecule has 10 nitrogen and oxygen atoms in total. The van der Waals surface area contributed by atoms with Gasteiger partial charge >= 0.3 is 0 Å². The minimum atomic E-state index is -3.33. The average molecular weight is 458 g/mol. The Balaban J connectivity index is 1.68. The molecule has 1 aromatic carbocycles. The van der Waals surface area contributed by atoms with Crippen molar-refractivity contribution >= 4 is 27.5 Å². The monoisotopic (exact) mass is 457 g/mol. The van der Waals surface area contributed by atoms with E-state index < -0.39 is 21.9 Å². The van der Waals surface area contributed by atoms with Crippen molar-refractivity contribution < 1.29 is 18.3 Å². The second-order valence-electron chi connectivity index (χ2n) is 7.50. The van der Waals surface area contributed by atoms with E-state index in [1.165, 1.54) is 13.8 Å². The largest absolute Gasteiger partial charge is 0.598 e. The van der Waals surface area contributed by atoms with Gasteiger partial charge in [-0.05, 0) is 29.8 Å². The molecular weight excluding hydrogens is 434 g/mol. The molecule has 1 fully saturated rings. The molecule has 1 saturated heterocycles. The number of benzene rings is 1. The Bertz CT molecular complexity index is 1250. The summed E-state index contributed by atoms with van der Waals surface area (Å²) in [6.45, 7) is 0.952. The zero-order valence-corrected chi connectivity index (χ0v) is 18.6. The number of hydrogen-bond donors (Lipinski definition) is 0. The molecule has 168 valence electrons. The molecule has 1 aliphatic rings. The highest BCUT2D eigenvalue weighted by Gasteiger charge is 2.31. The number of carbonyl (C=O) groups excluding carboxylic acids is 1. The average Bonchev–Trinajstić information content (AvgIpc) is 2.80. The lowest BCUT2D eigenvalue weighted by Crippen LogP contribution is -2.52. The number of aromatic nitrogens is 3. The Kier molecular flexibility index (Phi) is 6.04. The maximum Gasteiger partial charge on any atom is 0.284 e. The number of hydrogen-bond acceptors (Lipinski definition) is 7. The van der Waals surface area contributed by atoms with Crippen molar-refractivity contribution in [2.75, 3.05) is 39.5 Å². The van der Waals surface area contributed by atoms with Crippen LogP contribution in [-0.2, 0) is 21.2 Å². The number of amides is 1. The molecule has 0 N–H and O–H groups in total. The van der Waals surface area contributed by atoms with Crippen molar-refractivity contribution in [2.24, 2.45) is 0 Å². The molecule has 3 heterocycles. The van der Waals surface area contributed by atoms with Gasteiger partial charge in [0.15, 0.2) is 11.3 Å². The third-order valence-electron chi connectivity index (χ3n) is 5.40. The summed E-state index contributed by atoms with van der Waals surface area (Å²) in [6, 6.07) is 10.7. The lowest BCUT2D eigenvalue weighted by Gasteiger charge is -2.34. The van der Waals surface area contributed by atoms with Crippen LogP contribution in [0.1, 0.15) is 16.1 Å². The predicted octanol–water partition coefficient (Wildman–Crippen LogP) is 0.781. The second kappa shape index (κ2) is 8.77.